The van der Waals surface area contributed by atoms with Crippen molar-refractivity contribution in [1.29, 1.82) is 0 Å². The number of amides is 1. The fourth-order valence-corrected chi connectivity index (χ4v) is 3.87. The van der Waals surface area contributed by atoms with Gasteiger partial charge in [-0.2, -0.15) is 0 Å². The minimum Gasteiger partial charge on any atom is -0.291 e. The van der Waals surface area contributed by atoms with Gasteiger partial charge in [0.05, 0.1) is 23.0 Å². The van der Waals surface area contributed by atoms with Gasteiger partial charge in [0.1, 0.15) is 0 Å². The Balaban J connectivity index is 1.71. The Kier molecular flexibility index (Phi) is 6.40. The number of hydrogen-bond acceptors (Lipinski definition) is 3. The summed E-state index contributed by atoms with van der Waals surface area (Å²) in [5, 5.41) is 1.77. The second kappa shape index (κ2) is 8.75. The zero-order chi connectivity index (χ0) is 17.6. The first-order chi connectivity index (χ1) is 12.1. The highest BCUT2D eigenvalue weighted by atomic mass is 35.5. The van der Waals surface area contributed by atoms with Crippen molar-refractivity contribution in [3.63, 3.8) is 0 Å². The number of rotatable bonds is 4. The van der Waals surface area contributed by atoms with Crippen molar-refractivity contribution in [2.75, 3.05) is 12.3 Å². The van der Waals surface area contributed by atoms with E-state index in [9.17, 15) is 4.79 Å². The molecule has 1 fully saturated rings. The molecule has 0 bridgehead atoms. The van der Waals surface area contributed by atoms with E-state index in [1.807, 2.05) is 36.4 Å². The summed E-state index contributed by atoms with van der Waals surface area (Å²) in [4.78, 5) is 19.2. The molecule has 0 atom stereocenters. The monoisotopic (exact) mass is 392 g/mol. The minimum absolute atomic E-state index is 0.0393. The maximum atomic E-state index is 12.7. The lowest BCUT2D eigenvalue weighted by atomic mass is 10.1. The summed E-state index contributed by atoms with van der Waals surface area (Å²) in [5.74, 6) is 1.03. The molecule has 25 heavy (non-hydrogen) atoms. The average molecular weight is 393 g/mol. The third-order valence-electron chi connectivity index (χ3n) is 3.87. The summed E-state index contributed by atoms with van der Waals surface area (Å²) in [6.07, 6.45) is 1.27. The Morgan fingerprint density at radius 1 is 1.08 bits per heavy atom. The maximum Gasteiger partial charge on any atom is 0.232 e. The molecule has 0 aromatic heterocycles. The Hall–Kier alpha value is -1.49. The Morgan fingerprint density at radius 3 is 2.64 bits per heavy atom. The lowest BCUT2D eigenvalue weighted by Crippen LogP contribution is -2.40. The zero-order valence-corrected chi connectivity index (χ0v) is 15.9. The van der Waals surface area contributed by atoms with Gasteiger partial charge in [-0.25, -0.2) is 0 Å². The molecular weight excluding hydrogens is 375 g/mol. The summed E-state index contributed by atoms with van der Waals surface area (Å²) in [5.41, 5.74) is 2.00. The molecule has 0 unspecified atom stereocenters. The number of carbonyl (C=O) groups is 1. The molecule has 1 saturated heterocycles. The van der Waals surface area contributed by atoms with Crippen LogP contribution < -0.4 is 0 Å². The van der Waals surface area contributed by atoms with E-state index in [4.69, 9.17) is 23.2 Å². The van der Waals surface area contributed by atoms with Crippen LogP contribution in [0, 0.1) is 0 Å². The number of nitrogens with zero attached hydrogens (tertiary/aromatic N) is 2. The molecule has 0 N–H and O–H groups in total. The summed E-state index contributed by atoms with van der Waals surface area (Å²) < 4.78 is 0. The average Bonchev–Trinajstić information content (AvgIpc) is 2.64. The van der Waals surface area contributed by atoms with Crippen LogP contribution in [0.3, 0.4) is 0 Å². The van der Waals surface area contributed by atoms with Crippen LogP contribution in [0.25, 0.3) is 0 Å². The number of thioether (sulfide) groups is 1. The van der Waals surface area contributed by atoms with Crippen LogP contribution in [-0.2, 0) is 17.8 Å². The predicted molar refractivity (Wildman–Crippen MR) is 107 cm³/mol. The molecule has 130 valence electrons. The smallest absolute Gasteiger partial charge is 0.232 e. The molecule has 0 radical (unpaired) electrons. The molecular formula is C19H18Cl2N2OS. The lowest BCUT2D eigenvalue weighted by molar-refractivity contribution is -0.126. The van der Waals surface area contributed by atoms with Gasteiger partial charge in [-0.1, -0.05) is 71.4 Å². The van der Waals surface area contributed by atoms with Crippen molar-refractivity contribution in [1.82, 2.24) is 4.90 Å². The van der Waals surface area contributed by atoms with Crippen LogP contribution in [0.1, 0.15) is 17.5 Å². The molecule has 3 nitrogen and oxygen atoms in total. The molecule has 0 aliphatic carbocycles. The van der Waals surface area contributed by atoms with Crippen molar-refractivity contribution in [3.05, 3.63) is 69.7 Å². The van der Waals surface area contributed by atoms with Crippen LogP contribution in [0.5, 0.6) is 0 Å². The first kappa shape index (κ1) is 18.3. The number of halogens is 2. The SMILES string of the molecule is O=C(Cc1ccc(Cl)c(Cl)c1)N1CCCSC1=NCc1ccccc1. The standard InChI is InChI=1S/C19H18Cl2N2OS/c20-16-8-7-15(11-17(16)21)12-18(24)23-9-4-10-25-19(23)22-13-14-5-2-1-3-6-14/h1-3,5-8,11H,4,9-10,12-13H2. The van der Waals surface area contributed by atoms with Crippen molar-refractivity contribution in [2.45, 2.75) is 19.4 Å². The number of benzene rings is 2. The van der Waals surface area contributed by atoms with E-state index in [1.165, 1.54) is 0 Å². The first-order valence-electron chi connectivity index (χ1n) is 8.09. The highest BCUT2D eigenvalue weighted by Gasteiger charge is 2.23. The van der Waals surface area contributed by atoms with Crippen LogP contribution >= 0.6 is 35.0 Å². The Bertz CT molecular complexity index is 780. The van der Waals surface area contributed by atoms with Gasteiger partial charge in [-0.05, 0) is 29.7 Å². The molecule has 2 aromatic rings. The minimum atomic E-state index is 0.0393. The van der Waals surface area contributed by atoms with Gasteiger partial charge in [-0.15, -0.1) is 0 Å². The van der Waals surface area contributed by atoms with Gasteiger partial charge in [0.2, 0.25) is 5.91 Å². The van der Waals surface area contributed by atoms with Crippen molar-refractivity contribution in [2.24, 2.45) is 4.99 Å². The normalized spacial score (nSPS) is 16.2. The molecule has 0 spiro atoms. The van der Waals surface area contributed by atoms with E-state index >= 15 is 0 Å². The van der Waals surface area contributed by atoms with E-state index in [2.05, 4.69) is 4.99 Å². The van der Waals surface area contributed by atoms with Gasteiger partial charge in [0.25, 0.3) is 0 Å². The van der Waals surface area contributed by atoms with Crippen molar-refractivity contribution >= 4 is 46.0 Å². The Morgan fingerprint density at radius 2 is 1.88 bits per heavy atom. The summed E-state index contributed by atoms with van der Waals surface area (Å²) in [7, 11) is 0. The van der Waals surface area contributed by atoms with Gasteiger partial charge in [0, 0.05) is 12.3 Å². The van der Waals surface area contributed by atoms with E-state index in [0.717, 1.165) is 28.5 Å². The molecule has 2 aromatic carbocycles. The number of amidine groups is 1. The van der Waals surface area contributed by atoms with Crippen LogP contribution in [0.2, 0.25) is 10.0 Å². The highest BCUT2D eigenvalue weighted by molar-refractivity contribution is 8.13. The van der Waals surface area contributed by atoms with Crippen LogP contribution in [0.4, 0.5) is 0 Å². The van der Waals surface area contributed by atoms with E-state index in [-0.39, 0.29) is 5.91 Å². The third kappa shape index (κ3) is 5.00. The van der Waals surface area contributed by atoms with E-state index in [0.29, 0.717) is 29.6 Å². The van der Waals surface area contributed by atoms with E-state index in [1.54, 1.807) is 28.8 Å². The molecule has 1 heterocycles. The predicted octanol–water partition coefficient (Wildman–Crippen LogP) is 5.06. The first-order valence-corrected chi connectivity index (χ1v) is 9.83. The van der Waals surface area contributed by atoms with Crippen LogP contribution in [0.15, 0.2) is 53.5 Å². The lowest BCUT2D eigenvalue weighted by Gasteiger charge is -2.28. The van der Waals surface area contributed by atoms with Crippen molar-refractivity contribution < 1.29 is 4.79 Å². The van der Waals surface area contributed by atoms with Gasteiger partial charge in [0.15, 0.2) is 5.17 Å². The fraction of sp³-hybridized carbons (Fsp3) is 0.263. The number of aliphatic imine (C=N–C) groups is 1. The van der Waals surface area contributed by atoms with Crippen molar-refractivity contribution in [3.8, 4) is 0 Å². The summed E-state index contributed by atoms with van der Waals surface area (Å²) in [6, 6.07) is 15.4. The molecule has 1 aliphatic heterocycles. The van der Waals surface area contributed by atoms with Gasteiger partial charge in [-0.3, -0.25) is 14.7 Å². The molecule has 1 amide bonds. The maximum absolute atomic E-state index is 12.7. The quantitative estimate of drug-likeness (QED) is 0.728. The second-order valence-corrected chi connectivity index (χ2v) is 7.63. The summed E-state index contributed by atoms with van der Waals surface area (Å²) >= 11 is 13.6. The van der Waals surface area contributed by atoms with Gasteiger partial charge >= 0.3 is 0 Å². The highest BCUT2D eigenvalue weighted by Crippen LogP contribution is 2.24. The Labute approximate surface area is 162 Å². The fourth-order valence-electron chi connectivity index (χ4n) is 2.58. The van der Waals surface area contributed by atoms with E-state index < -0.39 is 0 Å². The molecule has 3 rings (SSSR count). The number of hydrogen-bond donors (Lipinski definition) is 0. The summed E-state index contributed by atoms with van der Waals surface area (Å²) in [6.45, 7) is 1.29. The molecule has 1 aliphatic rings. The third-order valence-corrected chi connectivity index (χ3v) is 5.71. The number of carbonyl (C=O) groups excluding carboxylic acids is 1. The molecule has 0 saturated carbocycles. The molecule has 6 heteroatoms. The largest absolute Gasteiger partial charge is 0.291 e. The van der Waals surface area contributed by atoms with Gasteiger partial charge < -0.3 is 0 Å². The second-order valence-electron chi connectivity index (χ2n) is 5.76. The van der Waals surface area contributed by atoms with Crippen LogP contribution in [-0.4, -0.2) is 28.3 Å². The topological polar surface area (TPSA) is 32.7 Å². The zero-order valence-electron chi connectivity index (χ0n) is 13.6.